The van der Waals surface area contributed by atoms with Crippen molar-refractivity contribution in [3.05, 3.63) is 211 Å². The first-order valence-corrected chi connectivity index (χ1v) is 19.6. The van der Waals surface area contributed by atoms with Crippen molar-refractivity contribution in [3.63, 3.8) is 0 Å². The largest absolute Gasteiger partial charge is 0.309 e. The smallest absolute Gasteiger partial charge is 0.0535 e. The van der Waals surface area contributed by atoms with Gasteiger partial charge in [0.2, 0.25) is 0 Å². The second-order valence-electron chi connectivity index (χ2n) is 15.7. The Kier molecular flexibility index (Phi) is 7.28. The topological polar surface area (TPSA) is 4.93 Å². The molecule has 1 aliphatic carbocycles. The van der Waals surface area contributed by atoms with Crippen LogP contribution in [0.2, 0.25) is 0 Å². The molecule has 1 aliphatic rings. The van der Waals surface area contributed by atoms with E-state index in [1.54, 1.807) is 0 Å². The molecule has 9 aromatic carbocycles. The number of hydrogen-bond acceptors (Lipinski definition) is 0. The molecule has 0 aliphatic heterocycles. The van der Waals surface area contributed by atoms with E-state index in [0.29, 0.717) is 0 Å². The molecule has 1 heteroatoms. The van der Waals surface area contributed by atoms with E-state index in [0.717, 1.165) is 17.1 Å². The zero-order chi connectivity index (χ0) is 37.4. The Labute approximate surface area is 327 Å². The van der Waals surface area contributed by atoms with Crippen molar-refractivity contribution in [3.8, 4) is 61.6 Å². The van der Waals surface area contributed by atoms with Gasteiger partial charge >= 0.3 is 0 Å². The van der Waals surface area contributed by atoms with Crippen LogP contribution >= 0.6 is 0 Å². The van der Waals surface area contributed by atoms with Gasteiger partial charge in [0.25, 0.3) is 0 Å². The third kappa shape index (κ3) is 4.87. The molecule has 0 N–H and O–H groups in total. The molecule has 0 bridgehead atoms. The number of fused-ring (bicyclic) bond motifs is 6. The minimum atomic E-state index is -0.109. The normalized spacial score (nSPS) is 13.0. The molecule has 0 atom stereocenters. The van der Waals surface area contributed by atoms with Crippen LogP contribution in [0, 0.1) is 0 Å². The molecule has 1 heterocycles. The highest BCUT2D eigenvalue weighted by atomic mass is 15.0. The fraction of sp³-hybridized carbons (Fsp3) is 0.0545. The molecule has 264 valence electrons. The zero-order valence-corrected chi connectivity index (χ0v) is 31.5. The van der Waals surface area contributed by atoms with Gasteiger partial charge in [-0.15, -0.1) is 0 Å². The highest BCUT2D eigenvalue weighted by Crippen LogP contribution is 2.52. The predicted molar refractivity (Wildman–Crippen MR) is 238 cm³/mol. The maximum absolute atomic E-state index is 2.49. The van der Waals surface area contributed by atoms with Gasteiger partial charge < -0.3 is 4.57 Å². The van der Waals surface area contributed by atoms with Gasteiger partial charge in [0.15, 0.2) is 0 Å². The van der Waals surface area contributed by atoms with Crippen LogP contribution in [-0.2, 0) is 5.41 Å². The van der Waals surface area contributed by atoms with E-state index in [1.807, 2.05) is 0 Å². The van der Waals surface area contributed by atoms with Gasteiger partial charge in [-0.2, -0.15) is 0 Å². The summed E-state index contributed by atoms with van der Waals surface area (Å²) in [5, 5.41) is 7.51. The summed E-state index contributed by atoms with van der Waals surface area (Å²) >= 11 is 0. The first-order valence-electron chi connectivity index (χ1n) is 19.6. The highest BCUT2D eigenvalue weighted by molar-refractivity contribution is 6.24. The van der Waals surface area contributed by atoms with E-state index in [2.05, 4.69) is 219 Å². The average Bonchev–Trinajstić information content (AvgIpc) is 3.80. The summed E-state index contributed by atoms with van der Waals surface area (Å²) in [6.07, 6.45) is 0. The number of aromatic nitrogens is 1. The van der Waals surface area contributed by atoms with Crippen molar-refractivity contribution < 1.29 is 0 Å². The van der Waals surface area contributed by atoms with Gasteiger partial charge in [-0.3, -0.25) is 0 Å². The Morgan fingerprint density at radius 3 is 1.62 bits per heavy atom. The molecule has 0 unspecified atom stereocenters. The van der Waals surface area contributed by atoms with Crippen molar-refractivity contribution in [2.45, 2.75) is 19.3 Å². The standard InChI is InChI=1S/C55H39N/c1-55(2)49-27-14-13-23-42(49)43-30-28-39(34-50(43)55)53-45-24-11-12-25-46(45)54(44-26-15-21-36-16-9-10-22-41(36)44)47-31-29-40(35-48(47)53)56-51(37-17-5-3-6-18-37)32-33-52(56)38-19-7-4-8-20-38/h3-35H,1-2H3. The summed E-state index contributed by atoms with van der Waals surface area (Å²) in [6, 6.07) is 74.0. The van der Waals surface area contributed by atoms with Crippen LogP contribution in [0.4, 0.5) is 0 Å². The third-order valence-corrected chi connectivity index (χ3v) is 12.2. The van der Waals surface area contributed by atoms with E-state index in [4.69, 9.17) is 0 Å². The summed E-state index contributed by atoms with van der Waals surface area (Å²) < 4.78 is 2.45. The number of rotatable bonds is 5. The van der Waals surface area contributed by atoms with Gasteiger partial charge in [-0.05, 0) is 118 Å². The summed E-state index contributed by atoms with van der Waals surface area (Å²) in [6.45, 7) is 4.75. The van der Waals surface area contributed by atoms with Crippen LogP contribution in [0.5, 0.6) is 0 Å². The van der Waals surface area contributed by atoms with E-state index in [-0.39, 0.29) is 5.41 Å². The van der Waals surface area contributed by atoms with E-state index >= 15 is 0 Å². The van der Waals surface area contributed by atoms with Gasteiger partial charge in [0.05, 0.1) is 11.4 Å². The van der Waals surface area contributed by atoms with Gasteiger partial charge in [-0.25, -0.2) is 0 Å². The maximum Gasteiger partial charge on any atom is 0.0535 e. The van der Waals surface area contributed by atoms with Crippen molar-refractivity contribution in [1.29, 1.82) is 0 Å². The molecule has 0 saturated heterocycles. The Morgan fingerprint density at radius 1 is 0.339 bits per heavy atom. The van der Waals surface area contributed by atoms with E-state index in [9.17, 15) is 0 Å². The van der Waals surface area contributed by atoms with Crippen molar-refractivity contribution in [1.82, 2.24) is 4.57 Å². The summed E-state index contributed by atoms with van der Waals surface area (Å²) in [7, 11) is 0. The van der Waals surface area contributed by atoms with Crippen molar-refractivity contribution >= 4 is 32.3 Å². The third-order valence-electron chi connectivity index (χ3n) is 12.2. The molecule has 1 aromatic heterocycles. The molecule has 0 saturated carbocycles. The minimum absolute atomic E-state index is 0.109. The first-order chi connectivity index (χ1) is 27.6. The zero-order valence-electron chi connectivity index (χ0n) is 31.5. The number of benzene rings is 9. The molecule has 11 rings (SSSR count). The number of nitrogens with zero attached hydrogens (tertiary/aromatic N) is 1. The Morgan fingerprint density at radius 2 is 0.893 bits per heavy atom. The van der Waals surface area contributed by atoms with Crippen molar-refractivity contribution in [2.24, 2.45) is 0 Å². The molecule has 0 fully saturated rings. The second kappa shape index (κ2) is 12.5. The van der Waals surface area contributed by atoms with Crippen molar-refractivity contribution in [2.75, 3.05) is 0 Å². The van der Waals surface area contributed by atoms with E-state index < -0.39 is 0 Å². The van der Waals surface area contributed by atoms with Crippen LogP contribution in [0.15, 0.2) is 200 Å². The lowest BCUT2D eigenvalue weighted by Gasteiger charge is -2.23. The minimum Gasteiger partial charge on any atom is -0.309 e. The van der Waals surface area contributed by atoms with E-state index in [1.165, 1.54) is 88.0 Å². The quantitative estimate of drug-likeness (QED) is 0.157. The summed E-state index contributed by atoms with van der Waals surface area (Å²) in [5.74, 6) is 0. The van der Waals surface area contributed by atoms with Crippen LogP contribution in [0.1, 0.15) is 25.0 Å². The van der Waals surface area contributed by atoms with Crippen LogP contribution < -0.4 is 0 Å². The summed E-state index contributed by atoms with van der Waals surface area (Å²) in [4.78, 5) is 0. The Bertz CT molecular complexity index is 3080. The molecular formula is C55H39N. The molecule has 56 heavy (non-hydrogen) atoms. The van der Waals surface area contributed by atoms with Gasteiger partial charge in [0.1, 0.15) is 0 Å². The van der Waals surface area contributed by atoms with Gasteiger partial charge in [0, 0.05) is 11.1 Å². The Balaban J connectivity index is 1.26. The second-order valence-corrected chi connectivity index (χ2v) is 15.7. The molecule has 1 nitrogen and oxygen atoms in total. The SMILES string of the molecule is CC1(C)c2ccccc2-c2ccc(-c3c4ccccc4c(-c4cccc5ccccc45)c4ccc(-n5c(-c6ccccc6)ccc5-c5ccccc5)cc34)cc21. The first kappa shape index (κ1) is 32.5. The summed E-state index contributed by atoms with van der Waals surface area (Å²) in [5.41, 5.74) is 16.2. The van der Waals surface area contributed by atoms with Crippen LogP contribution in [0.25, 0.3) is 93.9 Å². The molecule has 10 aromatic rings. The monoisotopic (exact) mass is 713 g/mol. The molecular weight excluding hydrogens is 675 g/mol. The maximum atomic E-state index is 2.49. The van der Waals surface area contributed by atoms with Crippen LogP contribution in [0.3, 0.4) is 0 Å². The fourth-order valence-electron chi connectivity index (χ4n) is 9.59. The fourth-order valence-corrected chi connectivity index (χ4v) is 9.59. The molecule has 0 amide bonds. The molecule has 0 radical (unpaired) electrons. The highest BCUT2D eigenvalue weighted by Gasteiger charge is 2.35. The molecule has 0 spiro atoms. The Hall–Kier alpha value is -6.96. The number of hydrogen-bond donors (Lipinski definition) is 0. The van der Waals surface area contributed by atoms with Gasteiger partial charge in [-0.1, -0.05) is 184 Å². The van der Waals surface area contributed by atoms with Crippen LogP contribution in [-0.4, -0.2) is 4.57 Å². The lowest BCUT2D eigenvalue weighted by Crippen LogP contribution is -2.14. The average molecular weight is 714 g/mol. The predicted octanol–water partition coefficient (Wildman–Crippen LogP) is 14.9. The lowest BCUT2D eigenvalue weighted by atomic mass is 9.80. The lowest BCUT2D eigenvalue weighted by molar-refractivity contribution is 0.660.